The van der Waals surface area contributed by atoms with E-state index in [4.69, 9.17) is 14.2 Å². The molecule has 0 spiro atoms. The molecule has 5 rings (SSSR count). The van der Waals surface area contributed by atoms with E-state index in [1.54, 1.807) is 24.3 Å². The van der Waals surface area contributed by atoms with E-state index in [-0.39, 0.29) is 16.8 Å². The standard InChI is InChI=1S/C22H14N2O7/c25-21-17-7-6-16(31-15-4-1-13(2-5-15)24(27)28)12-18(17)22(26)23(21)14-3-8-19-20(11-14)30-10-9-29-19/h1-8,11-12H,9-10H2. The smallest absolute Gasteiger partial charge is 0.269 e. The van der Waals surface area contributed by atoms with Gasteiger partial charge in [-0.2, -0.15) is 0 Å². The van der Waals surface area contributed by atoms with Crippen molar-refractivity contribution in [1.82, 2.24) is 0 Å². The number of hydrogen-bond donors (Lipinski definition) is 0. The summed E-state index contributed by atoms with van der Waals surface area (Å²) < 4.78 is 16.7. The lowest BCUT2D eigenvalue weighted by Crippen LogP contribution is -2.29. The maximum absolute atomic E-state index is 13.0. The summed E-state index contributed by atoms with van der Waals surface area (Å²) >= 11 is 0. The lowest BCUT2D eigenvalue weighted by Gasteiger charge is -2.21. The molecule has 0 saturated carbocycles. The van der Waals surface area contributed by atoms with Crippen molar-refractivity contribution in [3.8, 4) is 23.0 Å². The summed E-state index contributed by atoms with van der Waals surface area (Å²) in [7, 11) is 0. The number of benzene rings is 3. The van der Waals surface area contributed by atoms with Gasteiger partial charge in [0.25, 0.3) is 17.5 Å². The monoisotopic (exact) mass is 418 g/mol. The van der Waals surface area contributed by atoms with Gasteiger partial charge in [-0.3, -0.25) is 19.7 Å². The summed E-state index contributed by atoms with van der Waals surface area (Å²) in [5.74, 6) is 0.807. The van der Waals surface area contributed by atoms with Crippen LogP contribution in [-0.4, -0.2) is 30.0 Å². The van der Waals surface area contributed by atoms with Crippen LogP contribution in [-0.2, 0) is 0 Å². The number of ether oxygens (including phenoxy) is 3. The number of non-ortho nitro benzene ring substituents is 1. The molecule has 31 heavy (non-hydrogen) atoms. The lowest BCUT2D eigenvalue weighted by molar-refractivity contribution is -0.384. The van der Waals surface area contributed by atoms with Gasteiger partial charge in [-0.25, -0.2) is 4.90 Å². The van der Waals surface area contributed by atoms with Crippen LogP contribution >= 0.6 is 0 Å². The minimum absolute atomic E-state index is 0.0582. The number of nitro benzene ring substituents is 1. The highest BCUT2D eigenvalue weighted by Gasteiger charge is 2.37. The highest BCUT2D eigenvalue weighted by molar-refractivity contribution is 6.34. The van der Waals surface area contributed by atoms with Crippen molar-refractivity contribution >= 4 is 23.2 Å². The van der Waals surface area contributed by atoms with Gasteiger partial charge in [0.15, 0.2) is 11.5 Å². The number of fused-ring (bicyclic) bond motifs is 2. The van der Waals surface area contributed by atoms with Gasteiger partial charge in [-0.15, -0.1) is 0 Å². The molecule has 2 aliphatic rings. The Morgan fingerprint density at radius 2 is 1.48 bits per heavy atom. The molecule has 9 heteroatoms. The third-order valence-corrected chi connectivity index (χ3v) is 4.93. The van der Waals surface area contributed by atoms with Gasteiger partial charge in [0.2, 0.25) is 0 Å². The number of rotatable bonds is 4. The highest BCUT2D eigenvalue weighted by Crippen LogP contribution is 2.38. The predicted octanol–water partition coefficient (Wildman–Crippen LogP) is 3.96. The number of amides is 2. The molecule has 3 aromatic carbocycles. The van der Waals surface area contributed by atoms with Crippen LogP contribution in [0.3, 0.4) is 0 Å². The molecule has 0 bridgehead atoms. The van der Waals surface area contributed by atoms with E-state index in [0.29, 0.717) is 41.9 Å². The highest BCUT2D eigenvalue weighted by atomic mass is 16.6. The summed E-state index contributed by atoms with van der Waals surface area (Å²) in [5.41, 5.74) is 0.792. The quantitative estimate of drug-likeness (QED) is 0.358. The van der Waals surface area contributed by atoms with Crippen molar-refractivity contribution < 1.29 is 28.7 Å². The average molecular weight is 418 g/mol. The fraction of sp³-hybridized carbons (Fsp3) is 0.0909. The maximum Gasteiger partial charge on any atom is 0.269 e. The first-order chi connectivity index (χ1) is 15.0. The van der Waals surface area contributed by atoms with E-state index in [0.717, 1.165) is 4.90 Å². The van der Waals surface area contributed by atoms with Gasteiger partial charge >= 0.3 is 0 Å². The van der Waals surface area contributed by atoms with Crippen LogP contribution in [0.15, 0.2) is 60.7 Å². The molecular weight excluding hydrogens is 404 g/mol. The molecule has 0 radical (unpaired) electrons. The number of nitro groups is 1. The molecule has 0 saturated heterocycles. The molecule has 0 aromatic heterocycles. The van der Waals surface area contributed by atoms with Crippen LogP contribution in [0, 0.1) is 10.1 Å². The van der Waals surface area contributed by atoms with Crippen LogP contribution in [0.2, 0.25) is 0 Å². The molecule has 3 aromatic rings. The summed E-state index contributed by atoms with van der Waals surface area (Å²) in [5, 5.41) is 10.8. The minimum Gasteiger partial charge on any atom is -0.486 e. The molecule has 0 unspecified atom stereocenters. The summed E-state index contributed by atoms with van der Waals surface area (Å²) in [6.07, 6.45) is 0. The molecule has 2 aliphatic heterocycles. The van der Waals surface area contributed by atoms with E-state index in [2.05, 4.69) is 0 Å². The van der Waals surface area contributed by atoms with Gasteiger partial charge in [-0.1, -0.05) is 0 Å². The van der Waals surface area contributed by atoms with E-state index < -0.39 is 16.7 Å². The summed E-state index contributed by atoms with van der Waals surface area (Å²) in [6, 6.07) is 15.0. The van der Waals surface area contributed by atoms with Gasteiger partial charge in [0.05, 0.1) is 21.7 Å². The van der Waals surface area contributed by atoms with Gasteiger partial charge < -0.3 is 14.2 Å². The first kappa shape index (κ1) is 18.6. The van der Waals surface area contributed by atoms with Crippen molar-refractivity contribution in [3.05, 3.63) is 81.9 Å². The normalized spacial score (nSPS) is 14.4. The van der Waals surface area contributed by atoms with Gasteiger partial charge in [0, 0.05) is 18.2 Å². The van der Waals surface area contributed by atoms with Crippen LogP contribution in [0.1, 0.15) is 20.7 Å². The molecule has 154 valence electrons. The number of carbonyl (C=O) groups excluding carboxylic acids is 2. The molecule has 0 aliphatic carbocycles. The molecular formula is C22H14N2O7. The lowest BCUT2D eigenvalue weighted by atomic mass is 10.1. The minimum atomic E-state index is -0.504. The summed E-state index contributed by atoms with van der Waals surface area (Å²) in [6.45, 7) is 0.832. The average Bonchev–Trinajstić information content (AvgIpc) is 3.03. The third kappa shape index (κ3) is 3.21. The van der Waals surface area contributed by atoms with E-state index in [9.17, 15) is 19.7 Å². The van der Waals surface area contributed by atoms with E-state index in [1.807, 2.05) is 0 Å². The van der Waals surface area contributed by atoms with Gasteiger partial charge in [0.1, 0.15) is 24.7 Å². The zero-order valence-corrected chi connectivity index (χ0v) is 15.9. The third-order valence-electron chi connectivity index (χ3n) is 4.93. The fourth-order valence-electron chi connectivity index (χ4n) is 3.46. The zero-order chi connectivity index (χ0) is 21.5. The number of carbonyl (C=O) groups is 2. The van der Waals surface area contributed by atoms with Crippen molar-refractivity contribution in [2.45, 2.75) is 0 Å². The number of anilines is 1. The summed E-state index contributed by atoms with van der Waals surface area (Å²) in [4.78, 5) is 37.2. The largest absolute Gasteiger partial charge is 0.486 e. The Balaban J connectivity index is 1.42. The maximum atomic E-state index is 13.0. The molecule has 0 N–H and O–H groups in total. The topological polar surface area (TPSA) is 108 Å². The Morgan fingerprint density at radius 3 is 2.23 bits per heavy atom. The Kier molecular flexibility index (Phi) is 4.28. The van der Waals surface area contributed by atoms with Crippen LogP contribution in [0.25, 0.3) is 0 Å². The zero-order valence-electron chi connectivity index (χ0n) is 15.9. The van der Waals surface area contributed by atoms with Crippen molar-refractivity contribution in [3.63, 3.8) is 0 Å². The van der Waals surface area contributed by atoms with Crippen LogP contribution < -0.4 is 19.1 Å². The van der Waals surface area contributed by atoms with Crippen molar-refractivity contribution in [2.24, 2.45) is 0 Å². The number of hydrogen-bond acceptors (Lipinski definition) is 7. The molecule has 2 heterocycles. The first-order valence-electron chi connectivity index (χ1n) is 9.36. The predicted molar refractivity (Wildman–Crippen MR) is 108 cm³/mol. The second kappa shape index (κ2) is 7.13. The molecule has 0 atom stereocenters. The van der Waals surface area contributed by atoms with Gasteiger partial charge in [-0.05, 0) is 42.5 Å². The molecule has 9 nitrogen and oxygen atoms in total. The fourth-order valence-corrected chi connectivity index (χ4v) is 3.46. The van der Waals surface area contributed by atoms with Crippen LogP contribution in [0.4, 0.5) is 11.4 Å². The Bertz CT molecular complexity index is 1240. The number of nitrogens with zero attached hydrogens (tertiary/aromatic N) is 2. The van der Waals surface area contributed by atoms with Crippen molar-refractivity contribution in [1.29, 1.82) is 0 Å². The first-order valence-corrected chi connectivity index (χ1v) is 9.36. The van der Waals surface area contributed by atoms with Crippen LogP contribution in [0.5, 0.6) is 23.0 Å². The van der Waals surface area contributed by atoms with E-state index >= 15 is 0 Å². The Labute approximate surface area is 175 Å². The SMILES string of the molecule is O=C1c2ccc(Oc3ccc([N+](=O)[O-])cc3)cc2C(=O)N1c1ccc2c(c1)OCCO2. The van der Waals surface area contributed by atoms with E-state index in [1.165, 1.54) is 36.4 Å². The Hall–Kier alpha value is -4.40. The molecule has 2 amide bonds. The Morgan fingerprint density at radius 1 is 0.806 bits per heavy atom. The second-order valence-electron chi connectivity index (χ2n) is 6.83. The van der Waals surface area contributed by atoms with Crippen molar-refractivity contribution in [2.75, 3.05) is 18.1 Å². The number of imide groups is 1. The second-order valence-corrected chi connectivity index (χ2v) is 6.83. The molecule has 0 fully saturated rings.